The number of nitrogens with two attached hydrogens (primary N) is 1. The van der Waals surface area contributed by atoms with Gasteiger partial charge in [0.25, 0.3) is 0 Å². The number of thiocarbonyl (C=S) groups is 1. The Morgan fingerprint density at radius 2 is 2.17 bits per heavy atom. The number of nitrogens with zero attached hydrogens (tertiary/aromatic N) is 1. The van der Waals surface area contributed by atoms with Crippen LogP contribution in [0, 0.1) is 10.8 Å². The van der Waals surface area contributed by atoms with Crippen molar-refractivity contribution in [3.63, 3.8) is 0 Å². The van der Waals surface area contributed by atoms with Gasteiger partial charge in [-0.1, -0.05) is 26.1 Å². The van der Waals surface area contributed by atoms with Crippen LogP contribution in [0.4, 0.5) is 0 Å². The summed E-state index contributed by atoms with van der Waals surface area (Å²) in [6.45, 7) is 8.91. The van der Waals surface area contributed by atoms with E-state index in [1.807, 2.05) is 6.92 Å². The number of rotatable bonds is 5. The Hall–Kier alpha value is -0.680. The Balaban J connectivity index is 2.49. The lowest BCUT2D eigenvalue weighted by Crippen LogP contribution is -2.40. The van der Waals surface area contributed by atoms with Crippen molar-refractivity contribution in [1.29, 1.82) is 0 Å². The van der Waals surface area contributed by atoms with Gasteiger partial charge in [-0.15, -0.1) is 0 Å². The summed E-state index contributed by atoms with van der Waals surface area (Å²) in [4.78, 5) is 14.7. The predicted octanol–water partition coefficient (Wildman–Crippen LogP) is 1.15. The first-order chi connectivity index (χ1) is 8.21. The molecule has 0 radical (unpaired) electrons. The maximum atomic E-state index is 11.8. The summed E-state index contributed by atoms with van der Waals surface area (Å²) in [5.41, 5.74) is 5.37. The second-order valence-corrected chi connectivity index (χ2v) is 6.60. The zero-order valence-corrected chi connectivity index (χ0v) is 12.7. The largest absolute Gasteiger partial charge is 0.393 e. The molecule has 0 saturated carbocycles. The third-order valence-corrected chi connectivity index (χ3v) is 4.60. The fraction of sp³-hybridized carbons (Fsp3) is 0.846. The molecule has 1 saturated heterocycles. The van der Waals surface area contributed by atoms with Crippen LogP contribution in [0.25, 0.3) is 0 Å². The van der Waals surface area contributed by atoms with E-state index in [9.17, 15) is 4.79 Å². The van der Waals surface area contributed by atoms with Crippen LogP contribution in [-0.2, 0) is 4.79 Å². The summed E-state index contributed by atoms with van der Waals surface area (Å²) in [7, 11) is 1.70. The molecule has 0 spiro atoms. The third-order valence-electron chi connectivity index (χ3n) is 4.05. The molecule has 1 rings (SSSR count). The van der Waals surface area contributed by atoms with Crippen LogP contribution < -0.4 is 11.1 Å². The fourth-order valence-corrected chi connectivity index (χ4v) is 2.40. The first kappa shape index (κ1) is 15.4. The van der Waals surface area contributed by atoms with Crippen molar-refractivity contribution in [3.05, 3.63) is 0 Å². The lowest BCUT2D eigenvalue weighted by Gasteiger charge is -2.27. The molecular weight excluding hydrogens is 246 g/mol. The minimum Gasteiger partial charge on any atom is -0.393 e. The number of hydrogen-bond donors (Lipinski definition) is 2. The van der Waals surface area contributed by atoms with Crippen LogP contribution in [0.15, 0.2) is 0 Å². The van der Waals surface area contributed by atoms with Gasteiger partial charge in [-0.3, -0.25) is 4.79 Å². The van der Waals surface area contributed by atoms with Crippen molar-refractivity contribution in [2.24, 2.45) is 16.6 Å². The van der Waals surface area contributed by atoms with Crippen molar-refractivity contribution < 1.29 is 4.79 Å². The molecule has 4 nitrogen and oxygen atoms in total. The van der Waals surface area contributed by atoms with E-state index < -0.39 is 0 Å². The highest BCUT2D eigenvalue weighted by molar-refractivity contribution is 7.80. The van der Waals surface area contributed by atoms with E-state index in [1.165, 1.54) is 0 Å². The molecule has 0 aliphatic carbocycles. The van der Waals surface area contributed by atoms with Crippen molar-refractivity contribution in [2.75, 3.05) is 26.7 Å². The summed E-state index contributed by atoms with van der Waals surface area (Å²) >= 11 is 5.07. The smallest absolute Gasteiger partial charge is 0.227 e. The molecule has 0 aromatic rings. The first-order valence-corrected chi connectivity index (χ1v) is 6.86. The van der Waals surface area contributed by atoms with E-state index in [0.717, 1.165) is 32.5 Å². The summed E-state index contributed by atoms with van der Waals surface area (Å²) in [6.07, 6.45) is 1.85. The Morgan fingerprint density at radius 1 is 1.56 bits per heavy atom. The summed E-state index contributed by atoms with van der Waals surface area (Å²) in [6, 6.07) is 0. The van der Waals surface area contributed by atoms with Crippen LogP contribution >= 0.6 is 12.2 Å². The molecular formula is C13H25N3OS. The standard InChI is InChI=1S/C13H25N3OS/c1-12(2,10(14)18)5-7-16-8-6-13(3,9-16)11(17)15-4/h5-9H2,1-4H3,(H2,14,18)(H,15,17). The first-order valence-electron chi connectivity index (χ1n) is 6.46. The quantitative estimate of drug-likeness (QED) is 0.736. The van der Waals surface area contributed by atoms with Crippen LogP contribution in [0.5, 0.6) is 0 Å². The van der Waals surface area contributed by atoms with E-state index in [0.29, 0.717) is 4.99 Å². The Bertz CT molecular complexity index is 343. The minimum absolute atomic E-state index is 0.110. The monoisotopic (exact) mass is 271 g/mol. The topological polar surface area (TPSA) is 58.4 Å². The molecule has 0 aromatic heterocycles. The van der Waals surface area contributed by atoms with Gasteiger partial charge >= 0.3 is 0 Å². The Labute approximate surface area is 115 Å². The number of amides is 1. The van der Waals surface area contributed by atoms with Gasteiger partial charge in [0.05, 0.1) is 10.4 Å². The SMILES string of the molecule is CNC(=O)C1(C)CCN(CCC(C)(C)C(N)=S)C1. The lowest BCUT2D eigenvalue weighted by atomic mass is 9.88. The van der Waals surface area contributed by atoms with Crippen molar-refractivity contribution in [2.45, 2.75) is 33.6 Å². The number of nitrogens with one attached hydrogen (secondary N) is 1. The summed E-state index contributed by atoms with van der Waals surface area (Å²) < 4.78 is 0. The summed E-state index contributed by atoms with van der Waals surface area (Å²) in [5.74, 6) is 0.138. The zero-order chi connectivity index (χ0) is 14.0. The number of carbonyl (C=O) groups excluding carboxylic acids is 1. The molecule has 1 aliphatic rings. The van der Waals surface area contributed by atoms with E-state index in [4.69, 9.17) is 18.0 Å². The molecule has 1 aliphatic heterocycles. The molecule has 5 heteroatoms. The lowest BCUT2D eigenvalue weighted by molar-refractivity contribution is -0.129. The summed E-state index contributed by atoms with van der Waals surface area (Å²) in [5, 5.41) is 2.75. The van der Waals surface area contributed by atoms with Crippen molar-refractivity contribution >= 4 is 23.1 Å². The van der Waals surface area contributed by atoms with Gasteiger partial charge in [0.2, 0.25) is 5.91 Å². The van der Waals surface area contributed by atoms with E-state index in [1.54, 1.807) is 7.05 Å². The molecule has 0 aromatic carbocycles. The Kier molecular flexibility index (Phi) is 4.72. The molecule has 1 atom stereocenters. The van der Waals surface area contributed by atoms with E-state index in [-0.39, 0.29) is 16.7 Å². The van der Waals surface area contributed by atoms with Gasteiger partial charge in [0, 0.05) is 19.0 Å². The van der Waals surface area contributed by atoms with Gasteiger partial charge in [0.1, 0.15) is 0 Å². The highest BCUT2D eigenvalue weighted by Crippen LogP contribution is 2.31. The van der Waals surface area contributed by atoms with Crippen LogP contribution in [0.2, 0.25) is 0 Å². The molecule has 1 unspecified atom stereocenters. The second-order valence-electron chi connectivity index (χ2n) is 6.16. The molecule has 0 bridgehead atoms. The molecule has 3 N–H and O–H groups in total. The average molecular weight is 271 g/mol. The van der Waals surface area contributed by atoms with Crippen molar-refractivity contribution in [3.8, 4) is 0 Å². The van der Waals surface area contributed by atoms with Gasteiger partial charge in [-0.2, -0.15) is 0 Å². The van der Waals surface area contributed by atoms with Crippen LogP contribution in [0.3, 0.4) is 0 Å². The molecule has 1 amide bonds. The van der Waals surface area contributed by atoms with E-state index in [2.05, 4.69) is 24.1 Å². The molecule has 1 heterocycles. The van der Waals surface area contributed by atoms with E-state index >= 15 is 0 Å². The third kappa shape index (κ3) is 3.42. The minimum atomic E-state index is -0.248. The normalized spacial score (nSPS) is 25.1. The number of hydrogen-bond acceptors (Lipinski definition) is 3. The van der Waals surface area contributed by atoms with Crippen LogP contribution in [0.1, 0.15) is 33.6 Å². The maximum absolute atomic E-state index is 11.8. The molecule has 104 valence electrons. The second kappa shape index (κ2) is 5.53. The average Bonchev–Trinajstić information content (AvgIpc) is 2.69. The fourth-order valence-electron chi connectivity index (χ4n) is 2.30. The predicted molar refractivity (Wildman–Crippen MR) is 78.4 cm³/mol. The van der Waals surface area contributed by atoms with Crippen molar-refractivity contribution in [1.82, 2.24) is 10.2 Å². The highest BCUT2D eigenvalue weighted by atomic mass is 32.1. The maximum Gasteiger partial charge on any atom is 0.227 e. The van der Waals surface area contributed by atoms with Gasteiger partial charge < -0.3 is 16.0 Å². The number of carbonyl (C=O) groups is 1. The molecule has 1 fully saturated rings. The number of likely N-dealkylation sites (tertiary alicyclic amines) is 1. The highest BCUT2D eigenvalue weighted by Gasteiger charge is 2.39. The van der Waals surface area contributed by atoms with Gasteiger partial charge in [-0.05, 0) is 32.9 Å². The molecule has 18 heavy (non-hydrogen) atoms. The van der Waals surface area contributed by atoms with Crippen LogP contribution in [-0.4, -0.2) is 42.5 Å². The zero-order valence-electron chi connectivity index (χ0n) is 11.9. The van der Waals surface area contributed by atoms with Gasteiger partial charge in [-0.25, -0.2) is 0 Å². The Morgan fingerprint density at radius 3 is 2.67 bits per heavy atom. The van der Waals surface area contributed by atoms with Gasteiger partial charge in [0.15, 0.2) is 0 Å².